The van der Waals surface area contributed by atoms with E-state index in [0.717, 1.165) is 5.69 Å². The Labute approximate surface area is 159 Å². The monoisotopic (exact) mass is 381 g/mol. The number of nitrogens with one attached hydrogen (secondary N) is 1. The molecule has 3 aromatic heterocycles. The number of hydrogen-bond acceptors (Lipinski definition) is 6. The second-order valence-electron chi connectivity index (χ2n) is 6.85. The van der Waals surface area contributed by atoms with Gasteiger partial charge in [-0.3, -0.25) is 24.1 Å². The molecule has 1 atom stereocenters. The number of aromatic nitrogens is 6. The van der Waals surface area contributed by atoms with Crippen LogP contribution >= 0.6 is 0 Å². The van der Waals surface area contributed by atoms with Gasteiger partial charge in [-0.05, 0) is 26.0 Å². The van der Waals surface area contributed by atoms with Crippen molar-refractivity contribution in [2.75, 3.05) is 6.54 Å². The molecule has 0 radical (unpaired) electrons. The highest BCUT2D eigenvalue weighted by atomic mass is 16.2. The maximum atomic E-state index is 12.8. The van der Waals surface area contributed by atoms with Crippen molar-refractivity contribution >= 4 is 5.91 Å². The first-order valence-corrected chi connectivity index (χ1v) is 8.87. The minimum Gasteiger partial charge on any atom is -0.332 e. The second kappa shape index (κ2) is 6.87. The molecule has 1 N–H and O–H groups in total. The Kier molecular flexibility index (Phi) is 4.38. The molecular formula is C18H19N7O3. The highest BCUT2D eigenvalue weighted by Crippen LogP contribution is 2.26. The molecule has 1 aliphatic rings. The molecule has 0 bridgehead atoms. The highest BCUT2D eigenvalue weighted by molar-refractivity contribution is 5.76. The molecule has 144 valence electrons. The number of aromatic amines is 1. The van der Waals surface area contributed by atoms with E-state index in [0.29, 0.717) is 30.3 Å². The molecule has 4 rings (SSSR count). The second-order valence-corrected chi connectivity index (χ2v) is 6.85. The van der Waals surface area contributed by atoms with Gasteiger partial charge in [-0.25, -0.2) is 4.79 Å². The standard InChI is InChI=1S/C18H19N7O3/c1-11-7-24(18(28)20-17(11)27)10-15(26)23-8-12(2)25-14(9-23)21-22-16(25)13-5-3-4-6-19-13/h3-7,12H,8-10H2,1-2H3,(H,20,27,28)/t12-/m0/s1. The van der Waals surface area contributed by atoms with Gasteiger partial charge in [-0.2, -0.15) is 0 Å². The molecule has 0 saturated heterocycles. The van der Waals surface area contributed by atoms with E-state index in [2.05, 4.69) is 20.2 Å². The number of fused-ring (bicyclic) bond motifs is 1. The average Bonchev–Trinajstić information content (AvgIpc) is 3.11. The Hall–Kier alpha value is -3.56. The Balaban J connectivity index is 1.58. The molecule has 0 aromatic carbocycles. The zero-order valence-corrected chi connectivity index (χ0v) is 15.5. The van der Waals surface area contributed by atoms with Crippen LogP contribution in [0, 0.1) is 6.92 Å². The molecule has 4 heterocycles. The van der Waals surface area contributed by atoms with Crippen molar-refractivity contribution < 1.29 is 4.79 Å². The third kappa shape index (κ3) is 3.13. The Morgan fingerprint density at radius 3 is 2.86 bits per heavy atom. The minimum absolute atomic E-state index is 0.0475. The van der Waals surface area contributed by atoms with Crippen molar-refractivity contribution in [1.29, 1.82) is 0 Å². The summed E-state index contributed by atoms with van der Waals surface area (Å²) in [6.07, 6.45) is 3.10. The van der Waals surface area contributed by atoms with Crippen molar-refractivity contribution in [2.24, 2.45) is 0 Å². The van der Waals surface area contributed by atoms with Gasteiger partial charge in [-0.15, -0.1) is 10.2 Å². The first-order chi connectivity index (χ1) is 13.4. The molecular weight excluding hydrogens is 362 g/mol. The van der Waals surface area contributed by atoms with E-state index in [1.54, 1.807) is 18.0 Å². The lowest BCUT2D eigenvalue weighted by Crippen LogP contribution is -2.43. The van der Waals surface area contributed by atoms with Gasteiger partial charge >= 0.3 is 5.69 Å². The molecule has 0 saturated carbocycles. The quantitative estimate of drug-likeness (QED) is 0.687. The molecule has 10 heteroatoms. The minimum atomic E-state index is -0.602. The predicted octanol–water partition coefficient (Wildman–Crippen LogP) is 0.102. The van der Waals surface area contributed by atoms with Crippen molar-refractivity contribution in [3.63, 3.8) is 0 Å². The van der Waals surface area contributed by atoms with E-state index >= 15 is 0 Å². The maximum absolute atomic E-state index is 12.8. The van der Waals surface area contributed by atoms with Gasteiger partial charge in [0.25, 0.3) is 5.56 Å². The molecule has 0 spiro atoms. The summed E-state index contributed by atoms with van der Waals surface area (Å²) < 4.78 is 3.20. The van der Waals surface area contributed by atoms with Gasteiger partial charge in [0.05, 0.1) is 12.6 Å². The summed E-state index contributed by atoms with van der Waals surface area (Å²) in [6, 6.07) is 5.54. The van der Waals surface area contributed by atoms with Gasteiger partial charge in [-0.1, -0.05) is 6.07 Å². The van der Waals surface area contributed by atoms with Gasteiger partial charge < -0.3 is 9.47 Å². The summed E-state index contributed by atoms with van der Waals surface area (Å²) in [5.41, 5.74) is 0.0485. The number of H-pyrrole nitrogens is 1. The largest absolute Gasteiger partial charge is 0.332 e. The fourth-order valence-electron chi connectivity index (χ4n) is 3.37. The molecule has 1 amide bonds. The van der Waals surface area contributed by atoms with Crippen LogP contribution in [0.5, 0.6) is 0 Å². The predicted molar refractivity (Wildman–Crippen MR) is 99.4 cm³/mol. The first-order valence-electron chi connectivity index (χ1n) is 8.87. The van der Waals surface area contributed by atoms with E-state index in [9.17, 15) is 14.4 Å². The summed E-state index contributed by atoms with van der Waals surface area (Å²) in [4.78, 5) is 44.4. The molecule has 10 nitrogen and oxygen atoms in total. The number of rotatable bonds is 3. The summed E-state index contributed by atoms with van der Waals surface area (Å²) in [5.74, 6) is 1.11. The highest BCUT2D eigenvalue weighted by Gasteiger charge is 2.30. The smallest absolute Gasteiger partial charge is 0.328 e. The van der Waals surface area contributed by atoms with Crippen molar-refractivity contribution in [2.45, 2.75) is 33.0 Å². The number of aryl methyl sites for hydroxylation is 1. The number of pyridine rings is 1. The number of carbonyl (C=O) groups is 1. The number of nitrogens with zero attached hydrogens (tertiary/aromatic N) is 6. The van der Waals surface area contributed by atoms with Crippen LogP contribution in [0.2, 0.25) is 0 Å². The van der Waals surface area contributed by atoms with Crippen molar-refractivity contribution in [3.05, 3.63) is 62.8 Å². The summed E-state index contributed by atoms with van der Waals surface area (Å²) in [7, 11) is 0. The van der Waals surface area contributed by atoms with Crippen molar-refractivity contribution in [3.8, 4) is 11.5 Å². The van der Waals surface area contributed by atoms with Crippen molar-refractivity contribution in [1.82, 2.24) is 34.2 Å². The molecule has 3 aromatic rings. The van der Waals surface area contributed by atoms with Gasteiger partial charge in [0.15, 0.2) is 11.6 Å². The van der Waals surface area contributed by atoms with Gasteiger partial charge in [0.1, 0.15) is 12.2 Å². The van der Waals surface area contributed by atoms with Crippen LogP contribution in [-0.4, -0.2) is 46.7 Å². The zero-order valence-electron chi connectivity index (χ0n) is 15.5. The van der Waals surface area contributed by atoms with E-state index in [4.69, 9.17) is 0 Å². The molecule has 0 unspecified atom stereocenters. The molecule has 0 aliphatic carbocycles. The zero-order chi connectivity index (χ0) is 19.8. The fourth-order valence-corrected chi connectivity index (χ4v) is 3.37. The summed E-state index contributed by atoms with van der Waals surface area (Å²) >= 11 is 0. The lowest BCUT2D eigenvalue weighted by molar-refractivity contribution is -0.133. The van der Waals surface area contributed by atoms with Gasteiger partial charge in [0, 0.05) is 24.5 Å². The topological polar surface area (TPSA) is 119 Å². The SMILES string of the molecule is Cc1cn(CC(=O)N2Cc3nnc(-c4ccccn4)n3[C@@H](C)C2)c(=O)[nH]c1=O. The lowest BCUT2D eigenvalue weighted by Gasteiger charge is -2.32. The normalized spacial score (nSPS) is 16.1. The van der Waals surface area contributed by atoms with Crippen LogP contribution in [-0.2, 0) is 17.9 Å². The van der Waals surface area contributed by atoms with Crippen LogP contribution in [0.25, 0.3) is 11.5 Å². The molecule has 0 fully saturated rings. The summed E-state index contributed by atoms with van der Waals surface area (Å²) in [5, 5.41) is 8.48. The Morgan fingerprint density at radius 2 is 2.11 bits per heavy atom. The van der Waals surface area contributed by atoms with E-state index in [1.807, 2.05) is 29.7 Å². The lowest BCUT2D eigenvalue weighted by atomic mass is 10.2. The van der Waals surface area contributed by atoms with Crippen LogP contribution in [0.4, 0.5) is 0 Å². The number of amides is 1. The van der Waals surface area contributed by atoms with Crippen LogP contribution in [0.3, 0.4) is 0 Å². The van der Waals surface area contributed by atoms with E-state index in [1.165, 1.54) is 10.8 Å². The Morgan fingerprint density at radius 1 is 1.29 bits per heavy atom. The number of carbonyl (C=O) groups excluding carboxylic acids is 1. The van der Waals surface area contributed by atoms with Crippen LogP contribution < -0.4 is 11.2 Å². The Bertz CT molecular complexity index is 1150. The van der Waals surface area contributed by atoms with Crippen LogP contribution in [0.1, 0.15) is 24.4 Å². The third-order valence-electron chi connectivity index (χ3n) is 4.77. The fraction of sp³-hybridized carbons (Fsp3) is 0.333. The van der Waals surface area contributed by atoms with Gasteiger partial charge in [0.2, 0.25) is 5.91 Å². The number of hydrogen-bond donors (Lipinski definition) is 1. The summed E-state index contributed by atoms with van der Waals surface area (Å²) in [6.45, 7) is 4.17. The van der Waals surface area contributed by atoms with E-state index in [-0.39, 0.29) is 18.5 Å². The maximum Gasteiger partial charge on any atom is 0.328 e. The first kappa shape index (κ1) is 17.8. The average molecular weight is 381 g/mol. The van der Waals surface area contributed by atoms with E-state index < -0.39 is 11.2 Å². The third-order valence-corrected chi connectivity index (χ3v) is 4.77. The molecule has 1 aliphatic heterocycles. The molecule has 28 heavy (non-hydrogen) atoms. The van der Waals surface area contributed by atoms with Crippen LogP contribution in [0.15, 0.2) is 40.2 Å².